The van der Waals surface area contributed by atoms with Crippen molar-refractivity contribution in [3.63, 3.8) is 0 Å². The Bertz CT molecular complexity index is 494. The Labute approximate surface area is 118 Å². The van der Waals surface area contributed by atoms with E-state index in [0.29, 0.717) is 26.1 Å². The summed E-state index contributed by atoms with van der Waals surface area (Å²) in [5.74, 6) is 1.58. The number of hydrogen-bond acceptors (Lipinski definition) is 4. The molecule has 2 aromatic rings. The fourth-order valence-corrected chi connectivity index (χ4v) is 1.89. The lowest BCUT2D eigenvalue weighted by Crippen LogP contribution is -2.00. The van der Waals surface area contributed by atoms with Crippen molar-refractivity contribution < 1.29 is 19.7 Å². The minimum Gasteiger partial charge on any atom is -0.493 e. The molecule has 0 amide bonds. The molecule has 0 saturated carbocycles. The lowest BCUT2D eigenvalue weighted by molar-refractivity contribution is 0.233. The Hall–Kier alpha value is -1.78. The highest BCUT2D eigenvalue weighted by molar-refractivity contribution is 5.85. The van der Waals surface area contributed by atoms with E-state index in [1.165, 1.54) is 0 Å². The first-order chi connectivity index (χ1) is 9.83. The highest BCUT2D eigenvalue weighted by atomic mass is 16.5. The Morgan fingerprint density at radius 3 is 1.65 bits per heavy atom. The van der Waals surface area contributed by atoms with Crippen LogP contribution in [-0.4, -0.2) is 36.6 Å². The zero-order valence-electron chi connectivity index (χ0n) is 11.4. The molecule has 0 spiro atoms. The van der Waals surface area contributed by atoms with Crippen molar-refractivity contribution in [3.05, 3.63) is 36.4 Å². The van der Waals surface area contributed by atoms with Crippen LogP contribution in [0.1, 0.15) is 12.8 Å². The summed E-state index contributed by atoms with van der Waals surface area (Å²) in [7, 11) is 0. The van der Waals surface area contributed by atoms with Gasteiger partial charge in [-0.2, -0.15) is 0 Å². The van der Waals surface area contributed by atoms with Gasteiger partial charge in [-0.1, -0.05) is 12.1 Å². The van der Waals surface area contributed by atoms with Gasteiger partial charge in [0.1, 0.15) is 11.5 Å². The van der Waals surface area contributed by atoms with E-state index in [1.807, 2.05) is 36.4 Å². The predicted octanol–water partition coefficient (Wildman–Crippen LogP) is 2.36. The summed E-state index contributed by atoms with van der Waals surface area (Å²) in [5.41, 5.74) is 0. The molecule has 0 aromatic heterocycles. The molecule has 0 aliphatic heterocycles. The van der Waals surface area contributed by atoms with Crippen molar-refractivity contribution in [1.82, 2.24) is 0 Å². The third kappa shape index (κ3) is 4.11. The van der Waals surface area contributed by atoms with Crippen LogP contribution in [0.4, 0.5) is 0 Å². The number of aliphatic hydroxyl groups is 2. The number of rotatable bonds is 8. The topological polar surface area (TPSA) is 58.9 Å². The summed E-state index contributed by atoms with van der Waals surface area (Å²) in [5, 5.41) is 19.7. The lowest BCUT2D eigenvalue weighted by atomic mass is 10.1. The maximum Gasteiger partial charge on any atom is 0.119 e. The van der Waals surface area contributed by atoms with Gasteiger partial charge < -0.3 is 19.7 Å². The summed E-state index contributed by atoms with van der Waals surface area (Å²) in [4.78, 5) is 0. The van der Waals surface area contributed by atoms with Gasteiger partial charge >= 0.3 is 0 Å². The minimum atomic E-state index is 0.135. The third-order valence-electron chi connectivity index (χ3n) is 2.93. The van der Waals surface area contributed by atoms with E-state index >= 15 is 0 Å². The summed E-state index contributed by atoms with van der Waals surface area (Å²) < 4.78 is 11.1. The fraction of sp³-hybridized carbons (Fsp3) is 0.375. The van der Waals surface area contributed by atoms with Crippen LogP contribution in [-0.2, 0) is 0 Å². The molecule has 2 rings (SSSR count). The van der Waals surface area contributed by atoms with Crippen molar-refractivity contribution in [1.29, 1.82) is 0 Å². The van der Waals surface area contributed by atoms with Gasteiger partial charge in [0, 0.05) is 26.1 Å². The van der Waals surface area contributed by atoms with Crippen LogP contribution in [0.15, 0.2) is 36.4 Å². The summed E-state index contributed by atoms with van der Waals surface area (Å²) in [6.45, 7) is 1.29. The predicted molar refractivity (Wildman–Crippen MR) is 78.3 cm³/mol. The van der Waals surface area contributed by atoms with Gasteiger partial charge in [-0.25, -0.2) is 0 Å². The van der Waals surface area contributed by atoms with Gasteiger partial charge in [0.25, 0.3) is 0 Å². The Kier molecular flexibility index (Phi) is 5.65. The molecular formula is C16H20O4. The number of benzene rings is 2. The molecule has 0 bridgehead atoms. The molecule has 20 heavy (non-hydrogen) atoms. The van der Waals surface area contributed by atoms with Gasteiger partial charge in [0.2, 0.25) is 0 Å². The van der Waals surface area contributed by atoms with Gasteiger partial charge in [-0.05, 0) is 35.0 Å². The molecular weight excluding hydrogens is 256 g/mol. The summed E-state index contributed by atoms with van der Waals surface area (Å²) in [6, 6.07) is 11.8. The quantitative estimate of drug-likeness (QED) is 0.727. The molecule has 0 aliphatic rings. The summed E-state index contributed by atoms with van der Waals surface area (Å²) >= 11 is 0. The van der Waals surface area contributed by atoms with Crippen LogP contribution in [0, 0.1) is 0 Å². The van der Waals surface area contributed by atoms with E-state index in [4.69, 9.17) is 19.7 Å². The van der Waals surface area contributed by atoms with E-state index in [-0.39, 0.29) is 13.2 Å². The maximum absolute atomic E-state index is 8.74. The lowest BCUT2D eigenvalue weighted by Gasteiger charge is -2.09. The maximum atomic E-state index is 8.74. The summed E-state index contributed by atoms with van der Waals surface area (Å²) in [6.07, 6.45) is 1.25. The van der Waals surface area contributed by atoms with E-state index in [0.717, 1.165) is 22.3 Å². The van der Waals surface area contributed by atoms with Crippen molar-refractivity contribution in [2.75, 3.05) is 26.4 Å². The average molecular weight is 276 g/mol. The highest BCUT2D eigenvalue weighted by Crippen LogP contribution is 2.25. The zero-order chi connectivity index (χ0) is 14.2. The Balaban J connectivity index is 2.08. The first-order valence-corrected chi connectivity index (χ1v) is 6.84. The fourth-order valence-electron chi connectivity index (χ4n) is 1.89. The van der Waals surface area contributed by atoms with Gasteiger partial charge in [0.15, 0.2) is 0 Å². The molecule has 108 valence electrons. The normalized spacial score (nSPS) is 10.7. The molecule has 0 atom stereocenters. The number of ether oxygens (including phenoxy) is 2. The van der Waals surface area contributed by atoms with Crippen LogP contribution >= 0.6 is 0 Å². The Morgan fingerprint density at radius 2 is 1.20 bits per heavy atom. The number of fused-ring (bicyclic) bond motifs is 1. The smallest absolute Gasteiger partial charge is 0.119 e. The van der Waals surface area contributed by atoms with E-state index in [9.17, 15) is 0 Å². The largest absolute Gasteiger partial charge is 0.493 e. The second-order valence-electron chi connectivity index (χ2n) is 4.52. The SMILES string of the molecule is OCCCOc1ccc2ccc(OCCCO)cc2c1. The molecule has 0 saturated heterocycles. The number of hydrogen-bond donors (Lipinski definition) is 2. The van der Waals surface area contributed by atoms with Crippen molar-refractivity contribution in [3.8, 4) is 11.5 Å². The molecule has 4 heteroatoms. The van der Waals surface area contributed by atoms with Crippen LogP contribution in [0.25, 0.3) is 10.8 Å². The van der Waals surface area contributed by atoms with Crippen molar-refractivity contribution >= 4 is 10.8 Å². The molecule has 0 heterocycles. The van der Waals surface area contributed by atoms with Crippen LogP contribution in [0.2, 0.25) is 0 Å². The molecule has 0 fully saturated rings. The zero-order valence-corrected chi connectivity index (χ0v) is 11.4. The van der Waals surface area contributed by atoms with Gasteiger partial charge in [0.05, 0.1) is 13.2 Å². The van der Waals surface area contributed by atoms with Crippen LogP contribution < -0.4 is 9.47 Å². The molecule has 0 unspecified atom stereocenters. The first-order valence-electron chi connectivity index (χ1n) is 6.84. The minimum absolute atomic E-state index is 0.135. The van der Waals surface area contributed by atoms with Gasteiger partial charge in [-0.15, -0.1) is 0 Å². The molecule has 2 aromatic carbocycles. The molecule has 4 nitrogen and oxygen atoms in total. The average Bonchev–Trinajstić information content (AvgIpc) is 2.47. The Morgan fingerprint density at radius 1 is 0.700 bits per heavy atom. The second kappa shape index (κ2) is 7.72. The highest BCUT2D eigenvalue weighted by Gasteiger charge is 2.00. The van der Waals surface area contributed by atoms with Gasteiger partial charge in [-0.3, -0.25) is 0 Å². The first kappa shape index (κ1) is 14.6. The second-order valence-corrected chi connectivity index (χ2v) is 4.52. The van der Waals surface area contributed by atoms with E-state index in [2.05, 4.69) is 0 Å². The molecule has 0 aliphatic carbocycles. The third-order valence-corrected chi connectivity index (χ3v) is 2.93. The van der Waals surface area contributed by atoms with Crippen molar-refractivity contribution in [2.24, 2.45) is 0 Å². The van der Waals surface area contributed by atoms with Crippen molar-refractivity contribution in [2.45, 2.75) is 12.8 Å². The van der Waals surface area contributed by atoms with Crippen LogP contribution in [0.5, 0.6) is 11.5 Å². The number of aliphatic hydroxyl groups excluding tert-OH is 2. The standard InChI is InChI=1S/C16H20O4/c17-7-1-9-19-15-5-3-13-4-6-16(12-14(13)11-15)20-10-2-8-18/h3-6,11-12,17-18H,1-2,7-10H2. The van der Waals surface area contributed by atoms with Crippen LogP contribution in [0.3, 0.4) is 0 Å². The van der Waals surface area contributed by atoms with E-state index < -0.39 is 0 Å². The molecule has 0 radical (unpaired) electrons. The molecule has 2 N–H and O–H groups in total. The monoisotopic (exact) mass is 276 g/mol. The van der Waals surface area contributed by atoms with E-state index in [1.54, 1.807) is 0 Å².